The van der Waals surface area contributed by atoms with E-state index in [9.17, 15) is 13.2 Å². The smallest absolute Gasteiger partial charge is 0.312 e. The van der Waals surface area contributed by atoms with Gasteiger partial charge in [0, 0.05) is 19.1 Å². The Balaban J connectivity index is 1.65. The van der Waals surface area contributed by atoms with Crippen LogP contribution in [0.1, 0.15) is 19.3 Å². The van der Waals surface area contributed by atoms with Gasteiger partial charge < -0.3 is 10.2 Å². The Bertz CT molecular complexity index is 283. The summed E-state index contributed by atoms with van der Waals surface area (Å²) < 4.78 is 36.9. The van der Waals surface area contributed by atoms with E-state index < -0.39 is 12.7 Å². The molecule has 3 nitrogen and oxygen atoms in total. The summed E-state index contributed by atoms with van der Waals surface area (Å²) in [6, 6.07) is 0.510. The zero-order valence-corrected chi connectivity index (χ0v) is 11.5. The average Bonchev–Trinajstić information content (AvgIpc) is 2.72. The lowest BCUT2D eigenvalue weighted by Gasteiger charge is -2.31. The molecule has 2 aliphatic rings. The summed E-state index contributed by atoms with van der Waals surface area (Å²) >= 11 is 0. The molecule has 2 unspecified atom stereocenters. The van der Waals surface area contributed by atoms with Gasteiger partial charge in [-0.25, -0.2) is 0 Å². The lowest BCUT2D eigenvalue weighted by Crippen LogP contribution is -2.45. The van der Waals surface area contributed by atoms with Crippen LogP contribution in [0.4, 0.5) is 13.2 Å². The summed E-state index contributed by atoms with van der Waals surface area (Å²) in [7, 11) is 2.12. The Morgan fingerprint density at radius 3 is 2.63 bits per heavy atom. The van der Waals surface area contributed by atoms with Crippen LogP contribution >= 0.6 is 0 Å². The normalized spacial score (nSPS) is 30.9. The van der Waals surface area contributed by atoms with Crippen LogP contribution in [-0.2, 0) is 0 Å². The van der Waals surface area contributed by atoms with Crippen LogP contribution in [0, 0.1) is 5.92 Å². The van der Waals surface area contributed by atoms with Gasteiger partial charge in [-0.2, -0.15) is 13.2 Å². The van der Waals surface area contributed by atoms with Crippen LogP contribution in [-0.4, -0.2) is 68.3 Å². The first-order valence-corrected chi connectivity index (χ1v) is 7.13. The number of likely N-dealkylation sites (N-methyl/N-ethyl adjacent to an activating group) is 1. The van der Waals surface area contributed by atoms with Crippen molar-refractivity contribution in [1.29, 1.82) is 0 Å². The number of likely N-dealkylation sites (tertiary alicyclic amines) is 2. The molecule has 0 aromatic heterocycles. The van der Waals surface area contributed by atoms with Crippen molar-refractivity contribution in [3.63, 3.8) is 0 Å². The Labute approximate surface area is 113 Å². The standard InChI is InChI=1S/C13H24F3N3/c1-18-5-2-3-12(9-18)17-7-11-4-6-19(8-11)10-13(14,15)16/h11-12,17H,2-10H2,1H3. The number of halogens is 3. The molecule has 2 aliphatic heterocycles. The molecule has 0 aliphatic carbocycles. The molecule has 0 radical (unpaired) electrons. The minimum Gasteiger partial charge on any atom is -0.312 e. The fourth-order valence-electron chi connectivity index (χ4n) is 3.14. The lowest BCUT2D eigenvalue weighted by molar-refractivity contribution is -0.143. The second-order valence-electron chi connectivity index (χ2n) is 6.01. The molecule has 19 heavy (non-hydrogen) atoms. The van der Waals surface area contributed by atoms with Gasteiger partial charge in [0.25, 0.3) is 0 Å². The predicted octanol–water partition coefficient (Wildman–Crippen LogP) is 1.55. The van der Waals surface area contributed by atoms with Gasteiger partial charge in [0.15, 0.2) is 0 Å². The largest absolute Gasteiger partial charge is 0.401 e. The monoisotopic (exact) mass is 279 g/mol. The van der Waals surface area contributed by atoms with Crippen LogP contribution < -0.4 is 5.32 Å². The van der Waals surface area contributed by atoms with Crippen molar-refractivity contribution in [3.05, 3.63) is 0 Å². The summed E-state index contributed by atoms with van der Waals surface area (Å²) in [4.78, 5) is 3.84. The van der Waals surface area contributed by atoms with Crippen LogP contribution in [0.25, 0.3) is 0 Å². The van der Waals surface area contributed by atoms with Crippen LogP contribution in [0.5, 0.6) is 0 Å². The zero-order chi connectivity index (χ0) is 13.9. The minimum absolute atomic E-state index is 0.370. The van der Waals surface area contributed by atoms with E-state index in [2.05, 4.69) is 17.3 Å². The highest BCUT2D eigenvalue weighted by molar-refractivity contribution is 4.82. The Morgan fingerprint density at radius 2 is 1.95 bits per heavy atom. The number of nitrogens with one attached hydrogen (secondary N) is 1. The van der Waals surface area contributed by atoms with Gasteiger partial charge in [0.05, 0.1) is 6.54 Å². The van der Waals surface area contributed by atoms with Gasteiger partial charge >= 0.3 is 6.18 Å². The summed E-state index contributed by atoms with van der Waals surface area (Å²) in [5.41, 5.74) is 0. The van der Waals surface area contributed by atoms with E-state index >= 15 is 0 Å². The van der Waals surface area contributed by atoms with E-state index in [-0.39, 0.29) is 0 Å². The maximum absolute atomic E-state index is 12.3. The number of nitrogens with zero attached hydrogens (tertiary/aromatic N) is 2. The number of piperidine rings is 1. The Kier molecular flexibility index (Phi) is 5.09. The summed E-state index contributed by atoms with van der Waals surface area (Å²) in [6.07, 6.45) is -0.789. The molecular formula is C13H24F3N3. The summed E-state index contributed by atoms with van der Waals surface area (Å²) in [6.45, 7) is 3.47. The van der Waals surface area contributed by atoms with Crippen molar-refractivity contribution in [1.82, 2.24) is 15.1 Å². The maximum atomic E-state index is 12.3. The summed E-state index contributed by atoms with van der Waals surface area (Å²) in [5.74, 6) is 0.370. The van der Waals surface area contributed by atoms with Crippen molar-refractivity contribution in [2.24, 2.45) is 5.92 Å². The molecule has 2 rings (SSSR count). The highest BCUT2D eigenvalue weighted by Gasteiger charge is 2.34. The SMILES string of the molecule is CN1CCCC(NCC2CCN(CC(F)(F)F)C2)C1. The third-order valence-electron chi connectivity index (χ3n) is 4.09. The first-order chi connectivity index (χ1) is 8.92. The lowest BCUT2D eigenvalue weighted by atomic mass is 10.0. The Hall–Kier alpha value is -0.330. The third-order valence-corrected chi connectivity index (χ3v) is 4.09. The number of rotatable bonds is 4. The van der Waals surface area contributed by atoms with Crippen LogP contribution in [0.2, 0.25) is 0 Å². The van der Waals surface area contributed by atoms with Crippen molar-refractivity contribution in [2.45, 2.75) is 31.5 Å². The fraction of sp³-hybridized carbons (Fsp3) is 1.00. The molecule has 0 aromatic carbocycles. The van der Waals surface area contributed by atoms with Gasteiger partial charge in [-0.3, -0.25) is 4.90 Å². The molecule has 0 amide bonds. The Morgan fingerprint density at radius 1 is 1.16 bits per heavy atom. The van der Waals surface area contributed by atoms with Crippen molar-refractivity contribution in [2.75, 3.05) is 46.3 Å². The van der Waals surface area contributed by atoms with E-state index in [1.165, 1.54) is 17.7 Å². The molecular weight excluding hydrogens is 255 g/mol. The average molecular weight is 279 g/mol. The molecule has 0 bridgehead atoms. The van der Waals surface area contributed by atoms with Crippen molar-refractivity contribution < 1.29 is 13.2 Å². The predicted molar refractivity (Wildman–Crippen MR) is 69.1 cm³/mol. The molecule has 0 aromatic rings. The first kappa shape index (κ1) is 15.1. The topological polar surface area (TPSA) is 18.5 Å². The van der Waals surface area contributed by atoms with Gasteiger partial charge in [-0.1, -0.05) is 0 Å². The maximum Gasteiger partial charge on any atom is 0.401 e. The minimum atomic E-state index is -4.06. The first-order valence-electron chi connectivity index (χ1n) is 7.13. The third kappa shape index (κ3) is 5.28. The molecule has 6 heteroatoms. The fourth-order valence-corrected chi connectivity index (χ4v) is 3.14. The van der Waals surface area contributed by atoms with Gasteiger partial charge in [-0.15, -0.1) is 0 Å². The van der Waals surface area contributed by atoms with E-state index in [0.29, 0.717) is 25.0 Å². The molecule has 2 fully saturated rings. The van der Waals surface area contributed by atoms with E-state index in [1.807, 2.05) is 0 Å². The summed E-state index contributed by atoms with van der Waals surface area (Å²) in [5, 5.41) is 3.53. The number of alkyl halides is 3. The van der Waals surface area contributed by atoms with E-state index in [4.69, 9.17) is 0 Å². The highest BCUT2D eigenvalue weighted by Crippen LogP contribution is 2.22. The second kappa shape index (κ2) is 6.41. The number of hydrogen-bond acceptors (Lipinski definition) is 3. The van der Waals surface area contributed by atoms with Crippen LogP contribution in [0.15, 0.2) is 0 Å². The van der Waals surface area contributed by atoms with Crippen molar-refractivity contribution >= 4 is 0 Å². The molecule has 2 atom stereocenters. The zero-order valence-electron chi connectivity index (χ0n) is 11.5. The van der Waals surface area contributed by atoms with Gasteiger partial charge in [-0.05, 0) is 51.9 Å². The second-order valence-corrected chi connectivity index (χ2v) is 6.01. The quantitative estimate of drug-likeness (QED) is 0.842. The molecule has 1 N–H and O–H groups in total. The van der Waals surface area contributed by atoms with Crippen LogP contribution in [0.3, 0.4) is 0 Å². The molecule has 112 valence electrons. The molecule has 2 heterocycles. The highest BCUT2D eigenvalue weighted by atomic mass is 19.4. The van der Waals surface area contributed by atoms with Gasteiger partial charge in [0.2, 0.25) is 0 Å². The van der Waals surface area contributed by atoms with Gasteiger partial charge in [0.1, 0.15) is 0 Å². The van der Waals surface area contributed by atoms with E-state index in [0.717, 1.165) is 26.1 Å². The molecule has 0 saturated carbocycles. The van der Waals surface area contributed by atoms with E-state index in [1.54, 1.807) is 0 Å². The molecule has 2 saturated heterocycles. The number of hydrogen-bond donors (Lipinski definition) is 1. The van der Waals surface area contributed by atoms with Crippen molar-refractivity contribution in [3.8, 4) is 0 Å². The molecule has 0 spiro atoms.